The van der Waals surface area contributed by atoms with Crippen LogP contribution in [0.1, 0.15) is 0 Å². The SMILES string of the molecule is [B]c1c([B])c([B])c(-c2ccc(-c3cccc4c3oc3cccc(-c5nc(-c6ccccc6)nc(-c6ccccc6)n5)c34)cc2)c([B])c1[B]. The summed E-state index contributed by atoms with van der Waals surface area (Å²) in [6.07, 6.45) is 0. The van der Waals surface area contributed by atoms with Gasteiger partial charge in [0, 0.05) is 33.0 Å². The third-order valence-electron chi connectivity index (χ3n) is 8.65. The fourth-order valence-corrected chi connectivity index (χ4v) is 6.17. The number of fused-ring (bicyclic) bond motifs is 3. The highest BCUT2D eigenvalue weighted by molar-refractivity contribution is 6.68. The maximum Gasteiger partial charge on any atom is 0.164 e. The minimum absolute atomic E-state index is 0.186. The van der Waals surface area contributed by atoms with Crippen LogP contribution in [0.2, 0.25) is 0 Å². The summed E-state index contributed by atoms with van der Waals surface area (Å²) in [5.41, 5.74) is 8.52. The smallest absolute Gasteiger partial charge is 0.164 e. The molecular weight excluding hydrogens is 581 g/mol. The van der Waals surface area contributed by atoms with Crippen LogP contribution in [0.25, 0.3) is 78.4 Å². The van der Waals surface area contributed by atoms with E-state index in [4.69, 9.17) is 58.6 Å². The second-order valence-electron chi connectivity index (χ2n) is 11.5. The Morgan fingerprint density at radius 3 is 1.50 bits per heavy atom. The summed E-state index contributed by atoms with van der Waals surface area (Å²) in [6.45, 7) is 0. The van der Waals surface area contributed by atoms with Gasteiger partial charge in [0.15, 0.2) is 17.5 Å². The van der Waals surface area contributed by atoms with E-state index in [-0.39, 0.29) is 16.4 Å². The van der Waals surface area contributed by atoms with Crippen LogP contribution in [0, 0.1) is 0 Å². The van der Waals surface area contributed by atoms with Crippen molar-refractivity contribution in [3.8, 4) is 56.4 Å². The van der Waals surface area contributed by atoms with Crippen molar-refractivity contribution < 1.29 is 4.42 Å². The van der Waals surface area contributed by atoms with Gasteiger partial charge in [-0.05, 0) is 22.8 Å². The van der Waals surface area contributed by atoms with Crippen molar-refractivity contribution in [2.24, 2.45) is 0 Å². The van der Waals surface area contributed by atoms with Crippen molar-refractivity contribution >= 4 is 88.5 Å². The summed E-state index contributed by atoms with van der Waals surface area (Å²) in [7, 11) is 30.9. The van der Waals surface area contributed by atoms with Gasteiger partial charge in [-0.1, -0.05) is 126 Å². The number of benzene rings is 6. The Morgan fingerprint density at radius 2 is 0.896 bits per heavy atom. The molecule has 10 radical (unpaired) electrons. The fourth-order valence-electron chi connectivity index (χ4n) is 6.17. The molecule has 4 nitrogen and oxygen atoms in total. The topological polar surface area (TPSA) is 51.8 Å². The normalized spacial score (nSPS) is 11.3. The van der Waals surface area contributed by atoms with Gasteiger partial charge in [-0.3, -0.25) is 0 Å². The van der Waals surface area contributed by atoms with E-state index in [0.717, 1.165) is 55.3 Å². The molecule has 0 atom stereocenters. The molecule has 6 aromatic carbocycles. The highest BCUT2D eigenvalue weighted by atomic mass is 16.3. The maximum absolute atomic E-state index is 6.57. The first kappa shape index (κ1) is 29.8. The summed E-state index contributed by atoms with van der Waals surface area (Å²) in [5, 5.41) is 1.86. The van der Waals surface area contributed by atoms with E-state index >= 15 is 0 Å². The largest absolute Gasteiger partial charge is 0.455 e. The molecule has 48 heavy (non-hydrogen) atoms. The molecule has 8 aromatic rings. The van der Waals surface area contributed by atoms with Crippen molar-refractivity contribution in [2.75, 3.05) is 0 Å². The Bertz CT molecular complexity index is 2410. The molecule has 0 saturated heterocycles. The fraction of sp³-hybridized carbons (Fsp3) is 0. The Labute approximate surface area is 284 Å². The van der Waals surface area contributed by atoms with Gasteiger partial charge < -0.3 is 4.42 Å². The molecule has 0 N–H and O–H groups in total. The zero-order valence-electron chi connectivity index (χ0n) is 25.7. The number of hydrogen-bond acceptors (Lipinski definition) is 4. The molecule has 0 aliphatic carbocycles. The molecule has 0 fully saturated rings. The minimum Gasteiger partial charge on any atom is -0.455 e. The molecule has 0 bridgehead atoms. The second-order valence-corrected chi connectivity index (χ2v) is 11.5. The van der Waals surface area contributed by atoms with E-state index in [1.165, 1.54) is 0 Å². The van der Waals surface area contributed by atoms with Gasteiger partial charge in [-0.25, -0.2) is 15.0 Å². The van der Waals surface area contributed by atoms with Gasteiger partial charge in [0.05, 0.1) is 0 Å². The van der Waals surface area contributed by atoms with Crippen LogP contribution >= 0.6 is 0 Å². The third kappa shape index (κ3) is 4.98. The number of rotatable bonds is 5. The van der Waals surface area contributed by atoms with Gasteiger partial charge in [-0.2, -0.15) is 0 Å². The standard InChI is InChI=1S/C39H20B5N3O/c40-31-29(32(41)34(43)35(44)33(31)42)22-19-17-21(18-20-22)25-13-7-14-26-30-27(15-8-16-28(30)48-36(25)26)39-46-37(23-9-3-1-4-10-23)45-38(47-39)24-11-5-2-6-12-24/h1-20H. The summed E-state index contributed by atoms with van der Waals surface area (Å²) in [5.74, 6) is 1.75. The van der Waals surface area contributed by atoms with Gasteiger partial charge in [0.25, 0.3) is 0 Å². The summed E-state index contributed by atoms with van der Waals surface area (Å²) in [6, 6.07) is 39.7. The first-order chi connectivity index (χ1) is 23.4. The Balaban J connectivity index is 1.28. The van der Waals surface area contributed by atoms with Crippen LogP contribution in [-0.2, 0) is 0 Å². The quantitative estimate of drug-likeness (QED) is 0.280. The molecule has 0 unspecified atom stereocenters. The molecule has 0 aliphatic heterocycles. The molecule has 0 amide bonds. The molecule has 0 aliphatic rings. The lowest BCUT2D eigenvalue weighted by Crippen LogP contribution is -2.55. The van der Waals surface area contributed by atoms with Crippen LogP contribution in [0.15, 0.2) is 126 Å². The molecule has 0 spiro atoms. The number of aromatic nitrogens is 3. The summed E-state index contributed by atoms with van der Waals surface area (Å²) >= 11 is 0. The Morgan fingerprint density at radius 1 is 0.396 bits per heavy atom. The van der Waals surface area contributed by atoms with Gasteiger partial charge >= 0.3 is 0 Å². The van der Waals surface area contributed by atoms with E-state index in [2.05, 4.69) is 6.07 Å². The van der Waals surface area contributed by atoms with Crippen molar-refractivity contribution in [2.45, 2.75) is 0 Å². The molecule has 2 aromatic heterocycles. The monoisotopic (exact) mass is 601 g/mol. The van der Waals surface area contributed by atoms with Gasteiger partial charge in [0.2, 0.25) is 0 Å². The summed E-state index contributed by atoms with van der Waals surface area (Å²) < 4.78 is 6.57. The van der Waals surface area contributed by atoms with Crippen molar-refractivity contribution in [1.29, 1.82) is 0 Å². The van der Waals surface area contributed by atoms with Crippen LogP contribution < -0.4 is 27.3 Å². The average molecular weight is 601 g/mol. The van der Waals surface area contributed by atoms with Crippen molar-refractivity contribution in [1.82, 2.24) is 15.0 Å². The number of furan rings is 1. The van der Waals surface area contributed by atoms with E-state index in [9.17, 15) is 0 Å². The number of hydrogen-bond donors (Lipinski definition) is 0. The maximum atomic E-state index is 6.57. The first-order valence-corrected chi connectivity index (χ1v) is 15.3. The molecule has 0 saturated carbocycles. The molecular formula is C39H20B5N3O. The lowest BCUT2D eigenvalue weighted by Gasteiger charge is -2.21. The Hall–Kier alpha value is -5.55. The van der Waals surface area contributed by atoms with Crippen LogP contribution in [0.5, 0.6) is 0 Å². The van der Waals surface area contributed by atoms with E-state index in [0.29, 0.717) is 34.0 Å². The minimum atomic E-state index is 0.186. The number of para-hydroxylation sites is 1. The van der Waals surface area contributed by atoms with E-state index in [1.807, 2.05) is 115 Å². The Kier molecular flexibility index (Phi) is 7.41. The first-order valence-electron chi connectivity index (χ1n) is 15.3. The van der Waals surface area contributed by atoms with Gasteiger partial charge in [-0.15, -0.1) is 16.4 Å². The van der Waals surface area contributed by atoms with Crippen LogP contribution in [0.4, 0.5) is 0 Å². The predicted molar refractivity (Wildman–Crippen MR) is 201 cm³/mol. The molecule has 8 rings (SSSR count). The van der Waals surface area contributed by atoms with E-state index < -0.39 is 0 Å². The molecule has 2 heterocycles. The average Bonchev–Trinajstić information content (AvgIpc) is 3.53. The zero-order valence-corrected chi connectivity index (χ0v) is 25.7. The highest BCUT2D eigenvalue weighted by Crippen LogP contribution is 2.40. The van der Waals surface area contributed by atoms with Crippen molar-refractivity contribution in [3.63, 3.8) is 0 Å². The van der Waals surface area contributed by atoms with Crippen molar-refractivity contribution in [3.05, 3.63) is 121 Å². The second kappa shape index (κ2) is 11.9. The van der Waals surface area contributed by atoms with Crippen LogP contribution in [0.3, 0.4) is 0 Å². The lowest BCUT2D eigenvalue weighted by molar-refractivity contribution is 0.670. The van der Waals surface area contributed by atoms with E-state index in [1.54, 1.807) is 0 Å². The highest BCUT2D eigenvalue weighted by Gasteiger charge is 2.20. The number of nitrogens with zero attached hydrogens (tertiary/aromatic N) is 3. The molecule has 9 heteroatoms. The lowest BCUT2D eigenvalue weighted by atomic mass is 9.59. The third-order valence-corrected chi connectivity index (χ3v) is 8.65. The van der Waals surface area contributed by atoms with Gasteiger partial charge in [0.1, 0.15) is 50.4 Å². The zero-order chi connectivity index (χ0) is 32.9. The predicted octanol–water partition coefficient (Wildman–Crippen LogP) is 4.08. The molecule has 212 valence electrons. The summed E-state index contributed by atoms with van der Waals surface area (Å²) in [4.78, 5) is 14.8. The van der Waals surface area contributed by atoms with Crippen LogP contribution in [-0.4, -0.2) is 54.2 Å².